The first kappa shape index (κ1) is 32.6. The van der Waals surface area contributed by atoms with E-state index in [9.17, 15) is 40.3 Å². The van der Waals surface area contributed by atoms with Gasteiger partial charge in [0.2, 0.25) is 0 Å². The Kier molecular flexibility index (Phi) is 9.26. The Morgan fingerprint density at radius 3 is 1.97 bits per heavy atom. The Bertz CT molecular complexity index is 1230. The largest absolute Gasteiger partial charge is 0.435 e. The van der Waals surface area contributed by atoms with Gasteiger partial charge in [0.1, 0.15) is 0 Å². The zero-order valence-electron chi connectivity index (χ0n) is 21.9. The Labute approximate surface area is 227 Å². The lowest BCUT2D eigenvalue weighted by molar-refractivity contribution is -0.348. The first-order valence-corrected chi connectivity index (χ1v) is 15.3. The number of carbonyl (C=O) groups is 2. The van der Waals surface area contributed by atoms with Crippen molar-refractivity contribution in [3.8, 4) is 0 Å². The molecule has 39 heavy (non-hydrogen) atoms. The summed E-state index contributed by atoms with van der Waals surface area (Å²) in [5, 5.41) is 4.92. The quantitative estimate of drug-likeness (QED) is 0.243. The molecular weight excluding hydrogens is 573 g/mol. The highest BCUT2D eigenvalue weighted by atomic mass is 35.5. The predicted molar refractivity (Wildman–Crippen MR) is 136 cm³/mol. The van der Waals surface area contributed by atoms with Gasteiger partial charge in [0, 0.05) is 17.8 Å². The zero-order valence-corrected chi connectivity index (χ0v) is 23.7. The van der Waals surface area contributed by atoms with Gasteiger partial charge < -0.3 is 15.1 Å². The molecule has 0 radical (unpaired) electrons. The van der Waals surface area contributed by atoms with Gasteiger partial charge >= 0.3 is 18.0 Å². The van der Waals surface area contributed by atoms with Crippen LogP contribution in [0.15, 0.2) is 36.4 Å². The third-order valence-corrected chi connectivity index (χ3v) is 6.88. The molecule has 2 aromatic carbocycles. The molecule has 0 aliphatic carbocycles. The van der Waals surface area contributed by atoms with Gasteiger partial charge in [-0.1, -0.05) is 29.8 Å². The van der Waals surface area contributed by atoms with E-state index in [1.54, 1.807) is 13.8 Å². The van der Waals surface area contributed by atoms with Gasteiger partial charge in [-0.15, -0.1) is 0 Å². The standard InChI is InChI=1S/C25H28ClF7N2O3Si/c1-14-12-15(23(27,24(28,29)30)25(31,32)33)10-11-18(14)35-20(36)16-8-7-9-17(26)19(16)21(37)34-13-22(2,3)38-39(4,5)6/h7-12H,13H2,1-6H3,(H,34,37)(H,35,36). The number of anilines is 1. The normalized spacial score (nSPS) is 13.3. The molecule has 2 amide bonds. The summed E-state index contributed by atoms with van der Waals surface area (Å²) in [5.74, 6) is -1.63. The second-order valence-electron chi connectivity index (χ2n) is 10.5. The third-order valence-electron chi connectivity index (χ3n) is 5.40. The lowest BCUT2D eigenvalue weighted by Gasteiger charge is -2.33. The van der Waals surface area contributed by atoms with Gasteiger partial charge in [-0.25, -0.2) is 4.39 Å². The SMILES string of the molecule is Cc1cc(C(F)(C(F)(F)F)C(F)(F)F)ccc1NC(=O)c1cccc(Cl)c1C(=O)NCC(C)(C)O[Si](C)(C)C. The van der Waals surface area contributed by atoms with Crippen LogP contribution in [0, 0.1) is 6.92 Å². The van der Waals surface area contributed by atoms with Crippen molar-refractivity contribution >= 4 is 37.4 Å². The Hall–Kier alpha value is -2.64. The molecule has 5 nitrogen and oxygen atoms in total. The van der Waals surface area contributed by atoms with E-state index in [0.717, 1.165) is 13.0 Å². The number of benzene rings is 2. The second-order valence-corrected chi connectivity index (χ2v) is 15.3. The molecule has 0 unspecified atom stereocenters. The zero-order chi connectivity index (χ0) is 30.2. The molecule has 0 bridgehead atoms. The summed E-state index contributed by atoms with van der Waals surface area (Å²) in [4.78, 5) is 26.0. The van der Waals surface area contributed by atoms with Crippen LogP contribution in [0.3, 0.4) is 0 Å². The molecule has 0 spiro atoms. The number of alkyl halides is 7. The Balaban J connectivity index is 2.35. The van der Waals surface area contributed by atoms with Crippen LogP contribution in [0.25, 0.3) is 0 Å². The number of hydrogen-bond acceptors (Lipinski definition) is 3. The van der Waals surface area contributed by atoms with Crippen LogP contribution in [0.1, 0.15) is 45.7 Å². The fraction of sp³-hybridized carbons (Fsp3) is 0.440. The number of hydrogen-bond donors (Lipinski definition) is 2. The molecule has 216 valence electrons. The lowest BCUT2D eigenvalue weighted by atomic mass is 9.92. The maximum atomic E-state index is 14.4. The number of amides is 2. The van der Waals surface area contributed by atoms with Crippen molar-refractivity contribution in [3.63, 3.8) is 0 Å². The molecule has 2 aromatic rings. The van der Waals surface area contributed by atoms with Crippen LogP contribution in [0.5, 0.6) is 0 Å². The molecule has 0 heterocycles. The van der Waals surface area contributed by atoms with Gasteiger partial charge in [0.25, 0.3) is 11.8 Å². The predicted octanol–water partition coefficient (Wildman–Crippen LogP) is 7.55. The van der Waals surface area contributed by atoms with Crippen LogP contribution >= 0.6 is 11.6 Å². The number of carbonyl (C=O) groups excluding carboxylic acids is 2. The van der Waals surface area contributed by atoms with Crippen LogP contribution in [0.4, 0.5) is 36.4 Å². The summed E-state index contributed by atoms with van der Waals surface area (Å²) >= 11 is 6.20. The molecule has 0 fully saturated rings. The van der Waals surface area contributed by atoms with Crippen LogP contribution in [-0.2, 0) is 10.1 Å². The molecule has 2 N–H and O–H groups in total. The van der Waals surface area contributed by atoms with E-state index in [2.05, 4.69) is 10.6 Å². The van der Waals surface area contributed by atoms with Crippen LogP contribution < -0.4 is 10.6 Å². The molecule has 0 atom stereocenters. The van der Waals surface area contributed by atoms with Crippen molar-refractivity contribution in [2.24, 2.45) is 0 Å². The van der Waals surface area contributed by atoms with E-state index < -0.39 is 49.3 Å². The summed E-state index contributed by atoms with van der Waals surface area (Å²) in [5.41, 5.74) is -8.94. The monoisotopic (exact) mass is 600 g/mol. The summed E-state index contributed by atoms with van der Waals surface area (Å²) < 4.78 is 99.1. The average molecular weight is 601 g/mol. The molecular formula is C25H28ClF7N2O3Si. The Morgan fingerprint density at radius 1 is 0.923 bits per heavy atom. The van der Waals surface area contributed by atoms with Crippen LogP contribution in [0.2, 0.25) is 24.7 Å². The second kappa shape index (κ2) is 11.1. The van der Waals surface area contributed by atoms with Crippen molar-refractivity contribution < 1.29 is 44.7 Å². The number of nitrogens with one attached hydrogen (secondary N) is 2. The van der Waals surface area contributed by atoms with E-state index in [4.69, 9.17) is 16.0 Å². The fourth-order valence-corrected chi connectivity index (χ4v) is 5.88. The molecule has 0 saturated heterocycles. The minimum absolute atomic E-state index is 0.0753. The summed E-state index contributed by atoms with van der Waals surface area (Å²) in [6, 6.07) is 5.37. The molecule has 0 saturated carbocycles. The first-order valence-electron chi connectivity index (χ1n) is 11.5. The number of halogens is 8. The van der Waals surface area contributed by atoms with E-state index in [-0.39, 0.29) is 40.0 Å². The summed E-state index contributed by atoms with van der Waals surface area (Å²) in [6.45, 7) is 10.7. The highest BCUT2D eigenvalue weighted by molar-refractivity contribution is 6.69. The molecule has 0 aliphatic rings. The van der Waals surface area contributed by atoms with Gasteiger partial charge in [-0.3, -0.25) is 9.59 Å². The number of aryl methyl sites for hydroxylation is 1. The van der Waals surface area contributed by atoms with E-state index >= 15 is 0 Å². The fourth-order valence-electron chi connectivity index (χ4n) is 3.89. The van der Waals surface area contributed by atoms with Gasteiger partial charge in [-0.05, 0) is 64.2 Å². The van der Waals surface area contributed by atoms with Crippen molar-refractivity contribution in [1.82, 2.24) is 5.32 Å². The van der Waals surface area contributed by atoms with E-state index in [0.29, 0.717) is 6.07 Å². The summed E-state index contributed by atoms with van der Waals surface area (Å²) in [7, 11) is -1.96. The molecule has 14 heteroatoms. The lowest BCUT2D eigenvalue weighted by Crippen LogP contribution is -2.50. The van der Waals surface area contributed by atoms with Crippen molar-refractivity contribution in [3.05, 3.63) is 63.7 Å². The van der Waals surface area contributed by atoms with Crippen molar-refractivity contribution in [2.45, 2.75) is 64.0 Å². The maximum absolute atomic E-state index is 14.4. The highest BCUT2D eigenvalue weighted by Crippen LogP contribution is 2.53. The topological polar surface area (TPSA) is 67.4 Å². The van der Waals surface area contributed by atoms with Crippen molar-refractivity contribution in [2.75, 3.05) is 11.9 Å². The Morgan fingerprint density at radius 2 is 1.49 bits per heavy atom. The minimum atomic E-state index is -6.28. The third kappa shape index (κ3) is 7.51. The number of rotatable bonds is 8. The van der Waals surface area contributed by atoms with Gasteiger partial charge in [-0.2, -0.15) is 26.3 Å². The molecule has 2 rings (SSSR count). The minimum Gasteiger partial charge on any atom is -0.411 e. The van der Waals surface area contributed by atoms with E-state index in [1.165, 1.54) is 18.2 Å². The van der Waals surface area contributed by atoms with Crippen molar-refractivity contribution in [1.29, 1.82) is 0 Å². The smallest absolute Gasteiger partial charge is 0.411 e. The highest BCUT2D eigenvalue weighted by Gasteiger charge is 2.73. The van der Waals surface area contributed by atoms with E-state index in [1.807, 2.05) is 19.6 Å². The molecule has 0 aliphatic heterocycles. The maximum Gasteiger partial charge on any atom is 0.435 e. The van der Waals surface area contributed by atoms with Gasteiger partial charge in [0.15, 0.2) is 8.32 Å². The summed E-state index contributed by atoms with van der Waals surface area (Å²) in [6.07, 6.45) is -12.6. The first-order chi connectivity index (χ1) is 17.5. The molecule has 0 aromatic heterocycles. The average Bonchev–Trinajstić information content (AvgIpc) is 2.75. The van der Waals surface area contributed by atoms with Crippen LogP contribution in [-0.4, -0.2) is 44.6 Å². The van der Waals surface area contributed by atoms with Gasteiger partial charge in [0.05, 0.1) is 21.8 Å².